The summed E-state index contributed by atoms with van der Waals surface area (Å²) >= 11 is 0. The Balaban J connectivity index is 2.48. The maximum atomic E-state index is 13.8. The van der Waals surface area contributed by atoms with E-state index >= 15 is 0 Å². The molecule has 7 heteroatoms. The highest BCUT2D eigenvalue weighted by Gasteiger charge is 2.77. The van der Waals surface area contributed by atoms with Gasteiger partial charge >= 0.3 is 11.8 Å². The number of alkyl halides is 4. The van der Waals surface area contributed by atoms with E-state index in [1.807, 2.05) is 0 Å². The van der Waals surface area contributed by atoms with Crippen LogP contribution in [0.2, 0.25) is 0 Å². The van der Waals surface area contributed by atoms with Gasteiger partial charge in [-0.05, 0) is 12.1 Å². The third-order valence-electron chi connectivity index (χ3n) is 3.61. The van der Waals surface area contributed by atoms with Crippen LogP contribution in [0.3, 0.4) is 0 Å². The summed E-state index contributed by atoms with van der Waals surface area (Å²) in [6.07, 6.45) is -1.02. The van der Waals surface area contributed by atoms with Gasteiger partial charge in [-0.1, -0.05) is 0 Å². The molecular formula is C11H6F5NO. The highest BCUT2D eigenvalue weighted by atomic mass is 19.3. The molecule has 0 fully saturated rings. The molecule has 96 valence electrons. The van der Waals surface area contributed by atoms with Gasteiger partial charge in [-0.25, -0.2) is 4.39 Å². The first-order valence-electron chi connectivity index (χ1n) is 5.06. The van der Waals surface area contributed by atoms with E-state index in [1.165, 1.54) is 0 Å². The molecule has 1 aromatic carbocycles. The first-order valence-corrected chi connectivity index (χ1v) is 5.06. The number of benzene rings is 1. The van der Waals surface area contributed by atoms with Crippen molar-refractivity contribution in [1.29, 1.82) is 0 Å². The van der Waals surface area contributed by atoms with Gasteiger partial charge < -0.3 is 5.73 Å². The van der Waals surface area contributed by atoms with Gasteiger partial charge in [0.15, 0.2) is 5.78 Å². The van der Waals surface area contributed by atoms with Gasteiger partial charge in [0, 0.05) is 17.5 Å². The number of nitrogens with two attached hydrogens (primary N) is 1. The van der Waals surface area contributed by atoms with Crippen molar-refractivity contribution in [3.8, 4) is 0 Å². The standard InChI is InChI=1S/C11H6F5NO/c12-5-2-1-4-8-7(5)6(18)3-9(8,17)11(15,16)10(4,13)14/h1-2H,3,17H2. The van der Waals surface area contributed by atoms with E-state index in [0.717, 1.165) is 0 Å². The van der Waals surface area contributed by atoms with Crippen molar-refractivity contribution in [2.75, 3.05) is 0 Å². The molecule has 2 nitrogen and oxygen atoms in total. The number of ketones is 1. The highest BCUT2D eigenvalue weighted by Crippen LogP contribution is 2.63. The second-order valence-corrected chi connectivity index (χ2v) is 4.57. The molecule has 18 heavy (non-hydrogen) atoms. The fourth-order valence-electron chi connectivity index (χ4n) is 2.72. The van der Waals surface area contributed by atoms with Crippen LogP contribution in [0.4, 0.5) is 22.0 Å². The van der Waals surface area contributed by atoms with Gasteiger partial charge in [0.25, 0.3) is 0 Å². The van der Waals surface area contributed by atoms with Crippen molar-refractivity contribution in [3.05, 3.63) is 34.6 Å². The lowest BCUT2D eigenvalue weighted by Crippen LogP contribution is -2.54. The number of carbonyl (C=O) groups excluding carboxylic acids is 1. The Kier molecular flexibility index (Phi) is 1.76. The van der Waals surface area contributed by atoms with E-state index in [9.17, 15) is 26.7 Å². The molecule has 0 heterocycles. The fourth-order valence-corrected chi connectivity index (χ4v) is 2.72. The summed E-state index contributed by atoms with van der Waals surface area (Å²) in [7, 11) is 0. The Morgan fingerprint density at radius 2 is 1.78 bits per heavy atom. The van der Waals surface area contributed by atoms with E-state index < -0.39 is 52.1 Å². The summed E-state index contributed by atoms with van der Waals surface area (Å²) < 4.78 is 68.2. The van der Waals surface area contributed by atoms with Crippen LogP contribution in [-0.2, 0) is 11.5 Å². The first kappa shape index (κ1) is 11.6. The monoisotopic (exact) mass is 263 g/mol. The van der Waals surface area contributed by atoms with Crippen molar-refractivity contribution in [2.24, 2.45) is 5.73 Å². The summed E-state index contributed by atoms with van der Waals surface area (Å²) in [6, 6.07) is 1.16. The van der Waals surface area contributed by atoms with E-state index in [1.54, 1.807) is 0 Å². The molecule has 0 saturated carbocycles. The number of rotatable bonds is 0. The average molecular weight is 263 g/mol. The average Bonchev–Trinajstić information content (AvgIpc) is 2.58. The van der Waals surface area contributed by atoms with E-state index in [2.05, 4.69) is 0 Å². The quantitative estimate of drug-likeness (QED) is 0.730. The normalized spacial score (nSPS) is 30.7. The molecule has 0 spiro atoms. The van der Waals surface area contributed by atoms with E-state index in [0.29, 0.717) is 12.1 Å². The number of hydrogen-bond donors (Lipinski definition) is 1. The zero-order valence-electron chi connectivity index (χ0n) is 8.74. The maximum absolute atomic E-state index is 13.8. The van der Waals surface area contributed by atoms with Gasteiger partial charge in [-0.2, -0.15) is 17.6 Å². The summed E-state index contributed by atoms with van der Waals surface area (Å²) in [5.41, 5.74) is -0.0374. The third-order valence-corrected chi connectivity index (χ3v) is 3.61. The molecule has 1 atom stereocenters. The van der Waals surface area contributed by atoms with Gasteiger partial charge in [-0.15, -0.1) is 0 Å². The fraction of sp³-hybridized carbons (Fsp3) is 0.364. The summed E-state index contributed by atoms with van der Waals surface area (Å²) in [4.78, 5) is 11.5. The minimum Gasteiger partial charge on any atom is -0.316 e. The summed E-state index contributed by atoms with van der Waals surface area (Å²) in [5, 5.41) is 0. The number of halogens is 5. The Morgan fingerprint density at radius 3 is 2.39 bits per heavy atom. The zero-order chi connectivity index (χ0) is 13.5. The molecule has 2 aliphatic carbocycles. The van der Waals surface area contributed by atoms with Crippen LogP contribution in [0, 0.1) is 5.82 Å². The molecule has 0 amide bonds. The molecule has 1 aromatic rings. The number of hydrogen-bond acceptors (Lipinski definition) is 2. The van der Waals surface area contributed by atoms with Crippen LogP contribution in [0.15, 0.2) is 12.1 Å². The van der Waals surface area contributed by atoms with Crippen LogP contribution in [0.5, 0.6) is 0 Å². The second-order valence-electron chi connectivity index (χ2n) is 4.57. The minimum absolute atomic E-state index is 0.565. The zero-order valence-corrected chi connectivity index (χ0v) is 8.74. The molecule has 3 rings (SSSR count). The largest absolute Gasteiger partial charge is 0.337 e. The SMILES string of the molecule is NC12CC(=O)c3c(F)ccc(c31)C(F)(F)C2(F)F. The van der Waals surface area contributed by atoms with Crippen LogP contribution in [-0.4, -0.2) is 11.7 Å². The lowest BCUT2D eigenvalue weighted by molar-refractivity contribution is -0.236. The molecule has 0 saturated heterocycles. The van der Waals surface area contributed by atoms with Crippen LogP contribution < -0.4 is 5.73 Å². The summed E-state index contributed by atoms with van der Waals surface area (Å²) in [5.74, 6) is -11.2. The second kappa shape index (κ2) is 2.74. The van der Waals surface area contributed by atoms with Crippen LogP contribution in [0.25, 0.3) is 0 Å². The first-order chi connectivity index (χ1) is 8.14. The van der Waals surface area contributed by atoms with Gasteiger partial charge in [0.1, 0.15) is 11.4 Å². The Hall–Kier alpha value is -1.50. The molecule has 1 unspecified atom stereocenters. The minimum atomic E-state index is -4.61. The lowest BCUT2D eigenvalue weighted by atomic mass is 9.91. The van der Waals surface area contributed by atoms with Crippen molar-refractivity contribution in [2.45, 2.75) is 23.8 Å². The summed E-state index contributed by atoms with van der Waals surface area (Å²) in [6.45, 7) is 0. The Bertz CT molecular complexity index is 597. The van der Waals surface area contributed by atoms with Gasteiger partial charge in [0.2, 0.25) is 0 Å². The Morgan fingerprint density at radius 1 is 1.17 bits per heavy atom. The molecule has 0 bridgehead atoms. The van der Waals surface area contributed by atoms with Crippen LogP contribution >= 0.6 is 0 Å². The van der Waals surface area contributed by atoms with Crippen molar-refractivity contribution in [1.82, 2.24) is 0 Å². The molecule has 0 aromatic heterocycles. The maximum Gasteiger partial charge on any atom is 0.337 e. The predicted octanol–water partition coefficient (Wildman–Crippen LogP) is 2.31. The van der Waals surface area contributed by atoms with Crippen molar-refractivity contribution in [3.63, 3.8) is 0 Å². The van der Waals surface area contributed by atoms with Gasteiger partial charge in [0.05, 0.1) is 5.56 Å². The smallest absolute Gasteiger partial charge is 0.316 e. The van der Waals surface area contributed by atoms with E-state index in [4.69, 9.17) is 5.73 Å². The highest BCUT2D eigenvalue weighted by molar-refractivity contribution is 6.03. The Labute approximate surface area is 97.6 Å². The molecular weight excluding hydrogens is 257 g/mol. The molecule has 0 radical (unpaired) electrons. The lowest BCUT2D eigenvalue weighted by Gasteiger charge is -2.30. The van der Waals surface area contributed by atoms with Gasteiger partial charge in [-0.3, -0.25) is 4.79 Å². The number of carbonyl (C=O) groups is 1. The molecule has 2 aliphatic rings. The van der Waals surface area contributed by atoms with E-state index in [-0.39, 0.29) is 0 Å². The van der Waals surface area contributed by atoms with Crippen molar-refractivity contribution >= 4 is 5.78 Å². The van der Waals surface area contributed by atoms with Crippen molar-refractivity contribution < 1.29 is 26.7 Å². The predicted molar refractivity (Wildman–Crippen MR) is 50.1 cm³/mol. The molecule has 2 N–H and O–H groups in total. The number of Topliss-reactive ketones (excluding diaryl/α,β-unsaturated/α-hetero) is 1. The third kappa shape index (κ3) is 0.890. The topological polar surface area (TPSA) is 43.1 Å². The molecule has 0 aliphatic heterocycles. The van der Waals surface area contributed by atoms with Crippen LogP contribution in [0.1, 0.15) is 27.9 Å².